The number of carbonyl (C=O) groups excluding carboxylic acids is 2. The van der Waals surface area contributed by atoms with E-state index < -0.39 is 0 Å². The number of rotatable bonds is 5. The second kappa shape index (κ2) is 7.89. The molecule has 0 unspecified atom stereocenters. The third-order valence-electron chi connectivity index (χ3n) is 5.52. The molecule has 6 nitrogen and oxygen atoms in total. The zero-order valence-electron chi connectivity index (χ0n) is 15.9. The van der Waals surface area contributed by atoms with Crippen LogP contribution in [0.15, 0.2) is 36.5 Å². The van der Waals surface area contributed by atoms with Gasteiger partial charge >= 0.3 is 0 Å². The Bertz CT molecular complexity index is 957. The number of hydrogen-bond donors (Lipinski definition) is 0. The highest BCUT2D eigenvalue weighted by molar-refractivity contribution is 5.96. The van der Waals surface area contributed by atoms with E-state index >= 15 is 0 Å². The summed E-state index contributed by atoms with van der Waals surface area (Å²) in [6.45, 7) is 3.07. The van der Waals surface area contributed by atoms with E-state index in [-0.39, 0.29) is 17.7 Å². The van der Waals surface area contributed by atoms with E-state index in [2.05, 4.69) is 10.6 Å². The average Bonchev–Trinajstić information content (AvgIpc) is 3.53. The standard InChI is InChI=1S/C22H24N4O2/c23-10-3-11-26-16-18(19-4-1-2-5-20(19)26)8-9-21(27)24-12-14-25(15-13-24)22(28)17-6-7-17/h1-2,4-5,8-9,16-17H,3,6-7,11-15H2. The highest BCUT2D eigenvalue weighted by Crippen LogP contribution is 2.31. The van der Waals surface area contributed by atoms with Crippen LogP contribution in [0.1, 0.15) is 24.8 Å². The van der Waals surface area contributed by atoms with Gasteiger partial charge in [0, 0.05) is 67.4 Å². The fourth-order valence-electron chi connectivity index (χ4n) is 3.77. The summed E-state index contributed by atoms with van der Waals surface area (Å²) in [6, 6.07) is 10.2. The van der Waals surface area contributed by atoms with Gasteiger partial charge in [-0.05, 0) is 25.0 Å². The summed E-state index contributed by atoms with van der Waals surface area (Å²) in [7, 11) is 0. The molecule has 1 aliphatic carbocycles. The molecule has 2 aromatic rings. The van der Waals surface area contributed by atoms with Crippen molar-refractivity contribution in [1.82, 2.24) is 14.4 Å². The van der Waals surface area contributed by atoms with Crippen molar-refractivity contribution in [2.45, 2.75) is 25.8 Å². The third-order valence-corrected chi connectivity index (χ3v) is 5.52. The van der Waals surface area contributed by atoms with Crippen LogP contribution < -0.4 is 0 Å². The van der Waals surface area contributed by atoms with Gasteiger partial charge in [0.1, 0.15) is 0 Å². The molecule has 1 saturated carbocycles. The van der Waals surface area contributed by atoms with Crippen LogP contribution in [0.25, 0.3) is 17.0 Å². The molecule has 2 heterocycles. The zero-order valence-corrected chi connectivity index (χ0v) is 15.9. The first-order valence-electron chi connectivity index (χ1n) is 9.88. The van der Waals surface area contributed by atoms with Crippen molar-refractivity contribution in [3.8, 4) is 6.07 Å². The number of para-hydroxylation sites is 1. The third kappa shape index (κ3) is 3.79. The van der Waals surface area contributed by atoms with E-state index in [4.69, 9.17) is 5.26 Å². The lowest BCUT2D eigenvalue weighted by Gasteiger charge is -2.34. The molecule has 28 heavy (non-hydrogen) atoms. The monoisotopic (exact) mass is 376 g/mol. The maximum absolute atomic E-state index is 12.6. The molecule has 1 aromatic carbocycles. The number of benzene rings is 1. The van der Waals surface area contributed by atoms with Gasteiger partial charge in [0.25, 0.3) is 0 Å². The number of nitrogens with zero attached hydrogens (tertiary/aromatic N) is 4. The number of carbonyl (C=O) groups is 2. The minimum absolute atomic E-state index is 0.0209. The Balaban J connectivity index is 1.42. The summed E-state index contributed by atoms with van der Waals surface area (Å²) in [5.74, 6) is 0.473. The van der Waals surface area contributed by atoms with E-state index in [1.807, 2.05) is 46.3 Å². The molecular weight excluding hydrogens is 352 g/mol. The van der Waals surface area contributed by atoms with Gasteiger partial charge in [-0.2, -0.15) is 5.26 Å². The molecule has 0 bridgehead atoms. The van der Waals surface area contributed by atoms with Crippen molar-refractivity contribution < 1.29 is 9.59 Å². The highest BCUT2D eigenvalue weighted by Gasteiger charge is 2.34. The quantitative estimate of drug-likeness (QED) is 0.754. The van der Waals surface area contributed by atoms with Gasteiger partial charge in [-0.1, -0.05) is 18.2 Å². The second-order valence-electron chi connectivity index (χ2n) is 7.46. The van der Waals surface area contributed by atoms with E-state index in [1.54, 1.807) is 6.08 Å². The zero-order chi connectivity index (χ0) is 19.5. The van der Waals surface area contributed by atoms with Gasteiger partial charge in [0.2, 0.25) is 11.8 Å². The number of aromatic nitrogens is 1. The Kier molecular flexibility index (Phi) is 5.16. The minimum Gasteiger partial charge on any atom is -0.346 e. The Hall–Kier alpha value is -3.07. The maximum Gasteiger partial charge on any atom is 0.246 e. The summed E-state index contributed by atoms with van der Waals surface area (Å²) in [5, 5.41) is 9.93. The summed E-state index contributed by atoms with van der Waals surface area (Å²) in [6.07, 6.45) is 7.96. The number of nitriles is 1. The molecule has 0 N–H and O–H groups in total. The lowest BCUT2D eigenvalue weighted by atomic mass is 10.1. The topological polar surface area (TPSA) is 69.3 Å². The SMILES string of the molecule is N#CCCn1cc(C=CC(=O)N2CCN(C(=O)C3CC3)CC2)c2ccccc21. The second-order valence-corrected chi connectivity index (χ2v) is 7.46. The lowest BCUT2D eigenvalue weighted by Crippen LogP contribution is -2.50. The Labute approximate surface area is 164 Å². The summed E-state index contributed by atoms with van der Waals surface area (Å²) < 4.78 is 2.06. The van der Waals surface area contributed by atoms with Crippen LogP contribution in [-0.2, 0) is 16.1 Å². The van der Waals surface area contributed by atoms with Crippen molar-refractivity contribution in [2.24, 2.45) is 5.92 Å². The van der Waals surface area contributed by atoms with Crippen molar-refractivity contribution in [3.05, 3.63) is 42.1 Å². The fraction of sp³-hybridized carbons (Fsp3) is 0.409. The molecule has 1 aliphatic heterocycles. The molecule has 6 heteroatoms. The van der Waals surface area contributed by atoms with Crippen molar-refractivity contribution >= 4 is 28.8 Å². The maximum atomic E-state index is 12.6. The van der Waals surface area contributed by atoms with E-state index in [0.29, 0.717) is 39.1 Å². The number of piperazine rings is 1. The largest absolute Gasteiger partial charge is 0.346 e. The molecule has 1 saturated heterocycles. The van der Waals surface area contributed by atoms with E-state index in [0.717, 1.165) is 29.3 Å². The highest BCUT2D eigenvalue weighted by atomic mass is 16.2. The van der Waals surface area contributed by atoms with Gasteiger partial charge in [-0.15, -0.1) is 0 Å². The van der Waals surface area contributed by atoms with E-state index in [9.17, 15) is 9.59 Å². The smallest absolute Gasteiger partial charge is 0.246 e. The fourth-order valence-corrected chi connectivity index (χ4v) is 3.77. The van der Waals surface area contributed by atoms with Gasteiger partial charge in [-0.25, -0.2) is 0 Å². The molecule has 2 fully saturated rings. The number of amides is 2. The van der Waals surface area contributed by atoms with Gasteiger partial charge in [-0.3, -0.25) is 9.59 Å². The molecular formula is C22H24N4O2. The minimum atomic E-state index is -0.0209. The number of aryl methyl sites for hydroxylation is 1. The Morgan fingerprint density at radius 1 is 1.11 bits per heavy atom. The van der Waals surface area contributed by atoms with Crippen molar-refractivity contribution in [3.63, 3.8) is 0 Å². The van der Waals surface area contributed by atoms with E-state index in [1.165, 1.54) is 0 Å². The predicted octanol–water partition coefficient (Wildman–Crippen LogP) is 2.65. The first-order valence-corrected chi connectivity index (χ1v) is 9.88. The van der Waals surface area contributed by atoms with Gasteiger partial charge in [0.05, 0.1) is 12.5 Å². The Morgan fingerprint density at radius 2 is 1.82 bits per heavy atom. The summed E-state index contributed by atoms with van der Waals surface area (Å²) >= 11 is 0. The summed E-state index contributed by atoms with van der Waals surface area (Å²) in [5.41, 5.74) is 2.04. The lowest BCUT2D eigenvalue weighted by molar-refractivity contribution is -0.138. The number of fused-ring (bicyclic) bond motifs is 1. The van der Waals surface area contributed by atoms with Crippen LogP contribution >= 0.6 is 0 Å². The molecule has 2 aliphatic rings. The Morgan fingerprint density at radius 3 is 2.54 bits per heavy atom. The first kappa shape index (κ1) is 18.3. The normalized spacial score (nSPS) is 17.2. The molecule has 0 radical (unpaired) electrons. The molecule has 1 aromatic heterocycles. The first-order chi connectivity index (χ1) is 13.7. The summed E-state index contributed by atoms with van der Waals surface area (Å²) in [4.78, 5) is 28.4. The van der Waals surface area contributed by atoms with Crippen LogP contribution in [-0.4, -0.2) is 52.4 Å². The van der Waals surface area contributed by atoms with Crippen LogP contribution in [0, 0.1) is 17.2 Å². The van der Waals surface area contributed by atoms with Crippen molar-refractivity contribution in [1.29, 1.82) is 5.26 Å². The number of hydrogen-bond acceptors (Lipinski definition) is 3. The van der Waals surface area contributed by atoms with Crippen molar-refractivity contribution in [2.75, 3.05) is 26.2 Å². The van der Waals surface area contributed by atoms with Crippen LogP contribution in [0.5, 0.6) is 0 Å². The molecule has 144 valence electrons. The molecule has 2 amide bonds. The predicted molar refractivity (Wildman–Crippen MR) is 107 cm³/mol. The van der Waals surface area contributed by atoms with Crippen LogP contribution in [0.2, 0.25) is 0 Å². The van der Waals surface area contributed by atoms with Gasteiger partial charge < -0.3 is 14.4 Å². The van der Waals surface area contributed by atoms with Crippen LogP contribution in [0.4, 0.5) is 0 Å². The van der Waals surface area contributed by atoms with Gasteiger partial charge in [0.15, 0.2) is 0 Å². The van der Waals surface area contributed by atoms with Crippen LogP contribution in [0.3, 0.4) is 0 Å². The molecule has 0 spiro atoms. The average molecular weight is 376 g/mol. The molecule has 4 rings (SSSR count). The molecule has 0 atom stereocenters.